The number of nitrogens with zero attached hydrogens (tertiary/aromatic N) is 6. The first-order valence-electron chi connectivity index (χ1n) is 12.5. The van der Waals surface area contributed by atoms with Crippen LogP contribution in [0.1, 0.15) is 43.3 Å². The van der Waals surface area contributed by atoms with Crippen molar-refractivity contribution >= 4 is 0 Å². The van der Waals surface area contributed by atoms with Gasteiger partial charge in [-0.1, -0.05) is 50.2 Å². The molecule has 0 N–H and O–H groups in total. The van der Waals surface area contributed by atoms with E-state index in [1.807, 2.05) is 16.8 Å². The summed E-state index contributed by atoms with van der Waals surface area (Å²) in [6, 6.07) is 17.0. The standard InChI is InChI=1S/C27H38N6O2/c1-21(2)18-24(32-16-14-31(15-17-32)20-23-8-6-5-7-9-23)27-28-29-30-33(27)13-12-22-10-11-25(34-3)26(19-22)35-4/h5-11,19,21,24H,12-18,20H2,1-4H3/t24-/m1/s1. The van der Waals surface area contributed by atoms with Gasteiger partial charge in [-0.15, -0.1) is 5.10 Å². The van der Waals surface area contributed by atoms with Crippen LogP contribution in [0, 0.1) is 5.92 Å². The van der Waals surface area contributed by atoms with Gasteiger partial charge in [0.1, 0.15) is 0 Å². The molecule has 1 fully saturated rings. The Bertz CT molecular complexity index is 1050. The molecule has 4 rings (SSSR count). The molecule has 1 saturated heterocycles. The van der Waals surface area contributed by atoms with E-state index in [0.29, 0.717) is 5.92 Å². The number of ether oxygens (including phenoxy) is 2. The summed E-state index contributed by atoms with van der Waals surface area (Å²) in [5, 5.41) is 12.9. The number of tetrazole rings is 1. The highest BCUT2D eigenvalue weighted by atomic mass is 16.5. The zero-order valence-electron chi connectivity index (χ0n) is 21.4. The molecule has 0 unspecified atom stereocenters. The van der Waals surface area contributed by atoms with E-state index >= 15 is 0 Å². The summed E-state index contributed by atoms with van der Waals surface area (Å²) < 4.78 is 12.8. The van der Waals surface area contributed by atoms with Crippen molar-refractivity contribution in [1.29, 1.82) is 0 Å². The van der Waals surface area contributed by atoms with Crippen molar-refractivity contribution in [2.45, 2.75) is 45.8 Å². The van der Waals surface area contributed by atoms with E-state index in [4.69, 9.17) is 9.47 Å². The Morgan fingerprint density at radius 2 is 1.63 bits per heavy atom. The van der Waals surface area contributed by atoms with Crippen LogP contribution in [0.3, 0.4) is 0 Å². The van der Waals surface area contributed by atoms with Gasteiger partial charge in [-0.25, -0.2) is 4.68 Å². The van der Waals surface area contributed by atoms with Crippen LogP contribution in [-0.2, 0) is 19.5 Å². The van der Waals surface area contributed by atoms with Gasteiger partial charge in [-0.05, 0) is 52.4 Å². The maximum Gasteiger partial charge on any atom is 0.168 e. The van der Waals surface area contributed by atoms with E-state index in [-0.39, 0.29) is 6.04 Å². The molecule has 1 atom stereocenters. The Balaban J connectivity index is 1.42. The Labute approximate surface area is 208 Å². The van der Waals surface area contributed by atoms with Crippen LogP contribution < -0.4 is 9.47 Å². The maximum atomic E-state index is 5.46. The number of aromatic nitrogens is 4. The Morgan fingerprint density at radius 3 is 2.31 bits per heavy atom. The molecule has 1 aromatic heterocycles. The van der Waals surface area contributed by atoms with Gasteiger partial charge in [-0.3, -0.25) is 9.80 Å². The summed E-state index contributed by atoms with van der Waals surface area (Å²) in [4.78, 5) is 5.11. The summed E-state index contributed by atoms with van der Waals surface area (Å²) in [5.41, 5.74) is 2.54. The van der Waals surface area contributed by atoms with Gasteiger partial charge in [0.2, 0.25) is 0 Å². The Hall–Kier alpha value is -2.97. The smallest absolute Gasteiger partial charge is 0.168 e. The lowest BCUT2D eigenvalue weighted by Gasteiger charge is -2.39. The fraction of sp³-hybridized carbons (Fsp3) is 0.519. The number of rotatable bonds is 11. The summed E-state index contributed by atoms with van der Waals surface area (Å²) >= 11 is 0. The number of hydrogen-bond acceptors (Lipinski definition) is 7. The van der Waals surface area contributed by atoms with Gasteiger partial charge < -0.3 is 9.47 Å². The molecule has 0 radical (unpaired) electrons. The number of methoxy groups -OCH3 is 2. The third kappa shape index (κ3) is 6.58. The molecule has 1 aliphatic heterocycles. The van der Waals surface area contributed by atoms with E-state index in [9.17, 15) is 0 Å². The van der Waals surface area contributed by atoms with Gasteiger partial charge in [0, 0.05) is 39.3 Å². The van der Waals surface area contributed by atoms with Crippen molar-refractivity contribution in [3.05, 3.63) is 65.5 Å². The third-order valence-corrected chi connectivity index (χ3v) is 6.71. The van der Waals surface area contributed by atoms with Crippen molar-refractivity contribution < 1.29 is 9.47 Å². The van der Waals surface area contributed by atoms with Crippen LogP contribution in [-0.4, -0.2) is 70.4 Å². The molecule has 2 aromatic carbocycles. The van der Waals surface area contributed by atoms with Crippen molar-refractivity contribution in [3.63, 3.8) is 0 Å². The molecule has 8 nitrogen and oxygen atoms in total. The topological polar surface area (TPSA) is 68.5 Å². The second kappa shape index (κ2) is 12.1. The van der Waals surface area contributed by atoms with E-state index < -0.39 is 0 Å². The fourth-order valence-electron chi connectivity index (χ4n) is 4.82. The lowest BCUT2D eigenvalue weighted by atomic mass is 10.0. The van der Waals surface area contributed by atoms with Gasteiger partial charge in [0.25, 0.3) is 0 Å². The Kier molecular flexibility index (Phi) is 8.71. The number of hydrogen-bond donors (Lipinski definition) is 0. The van der Waals surface area contributed by atoms with Gasteiger partial charge in [-0.2, -0.15) is 0 Å². The van der Waals surface area contributed by atoms with Crippen molar-refractivity contribution in [2.24, 2.45) is 5.92 Å². The first kappa shape index (κ1) is 25.1. The maximum absolute atomic E-state index is 5.46. The van der Waals surface area contributed by atoms with Gasteiger partial charge in [0.15, 0.2) is 17.3 Å². The first-order valence-corrected chi connectivity index (χ1v) is 12.5. The van der Waals surface area contributed by atoms with Crippen LogP contribution in [0.4, 0.5) is 0 Å². The minimum Gasteiger partial charge on any atom is -0.493 e. The van der Waals surface area contributed by atoms with Crippen LogP contribution in [0.5, 0.6) is 11.5 Å². The highest BCUT2D eigenvalue weighted by molar-refractivity contribution is 5.42. The lowest BCUT2D eigenvalue weighted by molar-refractivity contribution is 0.0767. The molecule has 0 bridgehead atoms. The minimum absolute atomic E-state index is 0.217. The summed E-state index contributed by atoms with van der Waals surface area (Å²) in [7, 11) is 3.32. The molecule has 0 aliphatic carbocycles. The highest BCUT2D eigenvalue weighted by Gasteiger charge is 2.29. The zero-order valence-corrected chi connectivity index (χ0v) is 21.4. The molecule has 35 heavy (non-hydrogen) atoms. The molecule has 0 spiro atoms. The summed E-state index contributed by atoms with van der Waals surface area (Å²) in [6.45, 7) is 10.4. The third-order valence-electron chi connectivity index (χ3n) is 6.71. The monoisotopic (exact) mass is 478 g/mol. The van der Waals surface area contributed by atoms with Gasteiger partial charge in [0.05, 0.1) is 20.3 Å². The largest absolute Gasteiger partial charge is 0.493 e. The fourth-order valence-corrected chi connectivity index (χ4v) is 4.82. The van der Waals surface area contributed by atoms with E-state index in [1.165, 1.54) is 11.1 Å². The summed E-state index contributed by atoms with van der Waals surface area (Å²) in [5.74, 6) is 3.00. The molecule has 2 heterocycles. The second-order valence-electron chi connectivity index (χ2n) is 9.64. The quantitative estimate of drug-likeness (QED) is 0.415. The normalized spacial score (nSPS) is 15.9. The van der Waals surface area contributed by atoms with Gasteiger partial charge >= 0.3 is 0 Å². The second-order valence-corrected chi connectivity index (χ2v) is 9.64. The van der Waals surface area contributed by atoms with Crippen LogP contribution in [0.2, 0.25) is 0 Å². The molecule has 1 aliphatic rings. The van der Waals surface area contributed by atoms with Crippen molar-refractivity contribution in [3.8, 4) is 11.5 Å². The van der Waals surface area contributed by atoms with E-state index in [2.05, 4.69) is 75.6 Å². The number of aryl methyl sites for hydroxylation is 2. The van der Waals surface area contributed by atoms with Crippen molar-refractivity contribution in [2.75, 3.05) is 40.4 Å². The van der Waals surface area contributed by atoms with Crippen molar-refractivity contribution in [1.82, 2.24) is 30.0 Å². The number of piperazine rings is 1. The molecular formula is C27H38N6O2. The predicted octanol–water partition coefficient (Wildman–Crippen LogP) is 3.84. The average Bonchev–Trinajstić information content (AvgIpc) is 3.35. The SMILES string of the molecule is COc1ccc(CCn2nnnc2[C@@H](CC(C)C)N2CCN(Cc3ccccc3)CC2)cc1OC. The first-order chi connectivity index (χ1) is 17.1. The molecular weight excluding hydrogens is 440 g/mol. The van der Waals surface area contributed by atoms with Crippen LogP contribution >= 0.6 is 0 Å². The molecule has 0 saturated carbocycles. The number of benzene rings is 2. The molecule has 0 amide bonds. The average molecular weight is 479 g/mol. The van der Waals surface area contributed by atoms with E-state index in [1.54, 1.807) is 14.2 Å². The lowest BCUT2D eigenvalue weighted by Crippen LogP contribution is -2.48. The van der Waals surface area contributed by atoms with E-state index in [0.717, 1.165) is 69.4 Å². The summed E-state index contributed by atoms with van der Waals surface area (Å²) in [6.07, 6.45) is 1.85. The van der Waals surface area contributed by atoms with Crippen LogP contribution in [0.15, 0.2) is 48.5 Å². The molecule has 188 valence electrons. The molecule has 3 aromatic rings. The highest BCUT2D eigenvalue weighted by Crippen LogP contribution is 2.29. The Morgan fingerprint density at radius 1 is 0.886 bits per heavy atom. The zero-order chi connectivity index (χ0) is 24.6. The minimum atomic E-state index is 0.217. The molecule has 8 heteroatoms. The van der Waals surface area contributed by atoms with Crippen LogP contribution in [0.25, 0.3) is 0 Å². The predicted molar refractivity (Wildman–Crippen MR) is 137 cm³/mol.